The second-order valence-electron chi connectivity index (χ2n) is 11.1. The first-order chi connectivity index (χ1) is 20.6. The van der Waals surface area contributed by atoms with Gasteiger partial charge in [-0.05, 0) is 55.7 Å². The summed E-state index contributed by atoms with van der Waals surface area (Å²) in [4.78, 5) is 54.7. The SMILES string of the molecule is COc1ccc(CC(NC(=O)C(C)NC(=O)CN2CCOCC2)C(=O)NC(Cc2cccc(F)c2)C(=O)C2(C)CO2)cc1. The molecule has 2 aliphatic heterocycles. The van der Waals surface area contributed by atoms with Gasteiger partial charge in [0.1, 0.15) is 29.3 Å². The van der Waals surface area contributed by atoms with Gasteiger partial charge in [0.05, 0.1) is 39.5 Å². The van der Waals surface area contributed by atoms with Gasteiger partial charge in [-0.2, -0.15) is 0 Å². The number of rotatable bonds is 14. The number of epoxide rings is 1. The fraction of sp³-hybridized carbons (Fsp3) is 0.484. The Morgan fingerprint density at radius 2 is 1.60 bits per heavy atom. The van der Waals surface area contributed by atoms with Gasteiger partial charge in [-0.15, -0.1) is 0 Å². The van der Waals surface area contributed by atoms with Gasteiger partial charge in [0, 0.05) is 19.5 Å². The van der Waals surface area contributed by atoms with Gasteiger partial charge in [0.2, 0.25) is 17.7 Å². The average Bonchev–Trinajstić information content (AvgIpc) is 3.75. The van der Waals surface area contributed by atoms with Crippen molar-refractivity contribution in [2.45, 2.75) is 50.4 Å². The van der Waals surface area contributed by atoms with Crippen LogP contribution in [0.25, 0.3) is 0 Å². The van der Waals surface area contributed by atoms with Gasteiger partial charge in [-0.25, -0.2) is 4.39 Å². The molecule has 2 heterocycles. The van der Waals surface area contributed by atoms with E-state index in [4.69, 9.17) is 14.2 Å². The number of methoxy groups -OCH3 is 1. The molecule has 0 aromatic heterocycles. The molecule has 0 aliphatic carbocycles. The average molecular weight is 599 g/mol. The van der Waals surface area contributed by atoms with Crippen molar-refractivity contribution in [3.63, 3.8) is 0 Å². The fourth-order valence-corrected chi connectivity index (χ4v) is 4.82. The molecule has 3 N–H and O–H groups in total. The molecule has 2 aromatic rings. The third-order valence-corrected chi connectivity index (χ3v) is 7.53. The van der Waals surface area contributed by atoms with E-state index in [0.717, 1.165) is 5.56 Å². The molecule has 11 nitrogen and oxygen atoms in total. The molecule has 12 heteroatoms. The van der Waals surface area contributed by atoms with E-state index >= 15 is 0 Å². The molecule has 4 unspecified atom stereocenters. The van der Waals surface area contributed by atoms with Gasteiger partial charge >= 0.3 is 0 Å². The number of ether oxygens (including phenoxy) is 3. The van der Waals surface area contributed by atoms with E-state index in [1.165, 1.54) is 25.1 Å². The lowest BCUT2D eigenvalue weighted by atomic mass is 9.94. The number of carbonyl (C=O) groups is 4. The van der Waals surface area contributed by atoms with Crippen molar-refractivity contribution in [1.29, 1.82) is 0 Å². The summed E-state index contributed by atoms with van der Waals surface area (Å²) in [6.07, 6.45) is 0.142. The largest absolute Gasteiger partial charge is 0.497 e. The summed E-state index contributed by atoms with van der Waals surface area (Å²) in [5, 5.41) is 8.21. The molecule has 43 heavy (non-hydrogen) atoms. The summed E-state index contributed by atoms with van der Waals surface area (Å²) in [6, 6.07) is 9.78. The highest BCUT2D eigenvalue weighted by molar-refractivity contribution is 5.98. The van der Waals surface area contributed by atoms with Crippen LogP contribution in [-0.4, -0.2) is 98.7 Å². The van der Waals surface area contributed by atoms with E-state index in [9.17, 15) is 23.6 Å². The molecule has 2 saturated heterocycles. The van der Waals surface area contributed by atoms with Crippen molar-refractivity contribution in [2.24, 2.45) is 0 Å². The second kappa shape index (κ2) is 14.5. The van der Waals surface area contributed by atoms with E-state index in [1.54, 1.807) is 44.4 Å². The number of hydrogen-bond acceptors (Lipinski definition) is 8. The van der Waals surface area contributed by atoms with Gasteiger partial charge < -0.3 is 30.2 Å². The van der Waals surface area contributed by atoms with Crippen LogP contribution in [0.2, 0.25) is 0 Å². The predicted molar refractivity (Wildman–Crippen MR) is 155 cm³/mol. The zero-order valence-electron chi connectivity index (χ0n) is 24.7. The Labute approximate surface area is 250 Å². The first kappa shape index (κ1) is 32.1. The molecule has 4 rings (SSSR count). The molecule has 2 aromatic carbocycles. The lowest BCUT2D eigenvalue weighted by Gasteiger charge is -2.27. The van der Waals surface area contributed by atoms with Gasteiger partial charge in [-0.1, -0.05) is 24.3 Å². The monoisotopic (exact) mass is 598 g/mol. The van der Waals surface area contributed by atoms with Crippen molar-refractivity contribution in [2.75, 3.05) is 46.6 Å². The highest BCUT2D eigenvalue weighted by Crippen LogP contribution is 2.29. The van der Waals surface area contributed by atoms with Crippen LogP contribution >= 0.6 is 0 Å². The number of Topliss-reactive ketones (excluding diaryl/α,β-unsaturated/α-hetero) is 1. The minimum atomic E-state index is -1.09. The summed E-state index contributed by atoms with van der Waals surface area (Å²) in [6.45, 7) is 5.85. The minimum absolute atomic E-state index is 0.0402. The van der Waals surface area contributed by atoms with Crippen LogP contribution in [-0.2, 0) is 41.5 Å². The molecule has 0 radical (unpaired) electrons. The summed E-state index contributed by atoms with van der Waals surface area (Å²) < 4.78 is 29.8. The standard InChI is InChI=1S/C31H39FN4O7/c1-20(33-27(37)18-36-11-13-42-14-12-36)29(39)35-26(16-21-7-9-24(41-3)10-8-21)30(40)34-25(28(38)31(2)19-43-31)17-22-5-4-6-23(32)15-22/h4-10,15,20,25-26H,11-14,16-19H2,1-3H3,(H,33,37)(H,34,40)(H,35,39). The van der Waals surface area contributed by atoms with Crippen molar-refractivity contribution >= 4 is 23.5 Å². The van der Waals surface area contributed by atoms with Crippen LogP contribution in [0.4, 0.5) is 4.39 Å². The van der Waals surface area contributed by atoms with E-state index in [-0.39, 0.29) is 37.7 Å². The number of amides is 3. The number of nitrogens with one attached hydrogen (secondary N) is 3. The second-order valence-corrected chi connectivity index (χ2v) is 11.1. The third-order valence-electron chi connectivity index (χ3n) is 7.53. The van der Waals surface area contributed by atoms with Gasteiger partial charge in [0.25, 0.3) is 0 Å². The van der Waals surface area contributed by atoms with E-state index in [1.807, 2.05) is 4.90 Å². The van der Waals surface area contributed by atoms with Crippen LogP contribution in [0.3, 0.4) is 0 Å². The normalized spacial score (nSPS) is 20.3. The first-order valence-corrected chi connectivity index (χ1v) is 14.3. The number of hydrogen-bond donors (Lipinski definition) is 3. The Hall–Kier alpha value is -3.87. The predicted octanol–water partition coefficient (Wildman–Crippen LogP) is 0.784. The van der Waals surface area contributed by atoms with Crippen LogP contribution in [0, 0.1) is 5.82 Å². The molecule has 2 fully saturated rings. The van der Waals surface area contributed by atoms with Crippen LogP contribution in [0.1, 0.15) is 25.0 Å². The van der Waals surface area contributed by atoms with Crippen molar-refractivity contribution < 1.29 is 37.8 Å². The Balaban J connectivity index is 1.48. The zero-order chi connectivity index (χ0) is 31.0. The maximum atomic E-state index is 13.9. The van der Waals surface area contributed by atoms with Crippen LogP contribution < -0.4 is 20.7 Å². The lowest BCUT2D eigenvalue weighted by molar-refractivity contribution is -0.134. The van der Waals surface area contributed by atoms with Crippen molar-refractivity contribution in [3.8, 4) is 5.75 Å². The summed E-state index contributed by atoms with van der Waals surface area (Å²) in [5.41, 5.74) is 0.213. The van der Waals surface area contributed by atoms with Crippen LogP contribution in [0.15, 0.2) is 48.5 Å². The molecule has 3 amide bonds. The highest BCUT2D eigenvalue weighted by Gasteiger charge is 2.50. The quantitative estimate of drug-likeness (QED) is 0.272. The van der Waals surface area contributed by atoms with Crippen LogP contribution in [0.5, 0.6) is 5.75 Å². The lowest BCUT2D eigenvalue weighted by Crippen LogP contribution is -2.57. The van der Waals surface area contributed by atoms with Crippen molar-refractivity contribution in [1.82, 2.24) is 20.9 Å². The molecule has 0 saturated carbocycles. The number of carbonyl (C=O) groups excluding carboxylic acids is 4. The maximum Gasteiger partial charge on any atom is 0.243 e. The smallest absolute Gasteiger partial charge is 0.243 e. The molecular weight excluding hydrogens is 559 g/mol. The van der Waals surface area contributed by atoms with Gasteiger partial charge in [0.15, 0.2) is 5.78 Å². The summed E-state index contributed by atoms with van der Waals surface area (Å²) in [5.74, 6) is -1.66. The number of benzene rings is 2. The molecular formula is C31H39FN4O7. The Morgan fingerprint density at radius 1 is 0.953 bits per heavy atom. The number of morpholine rings is 1. The van der Waals surface area contributed by atoms with Crippen molar-refractivity contribution in [3.05, 3.63) is 65.5 Å². The zero-order valence-corrected chi connectivity index (χ0v) is 24.7. The topological polar surface area (TPSA) is 139 Å². The summed E-state index contributed by atoms with van der Waals surface area (Å²) >= 11 is 0. The Bertz CT molecular complexity index is 1300. The third kappa shape index (κ3) is 9.31. The Morgan fingerprint density at radius 3 is 2.23 bits per heavy atom. The highest BCUT2D eigenvalue weighted by atomic mass is 19.1. The summed E-state index contributed by atoms with van der Waals surface area (Å²) in [7, 11) is 1.54. The van der Waals surface area contributed by atoms with Gasteiger partial charge in [-0.3, -0.25) is 24.1 Å². The van der Waals surface area contributed by atoms with E-state index in [2.05, 4.69) is 16.0 Å². The first-order valence-electron chi connectivity index (χ1n) is 14.3. The number of nitrogens with zero attached hydrogens (tertiary/aromatic N) is 1. The Kier molecular flexibility index (Phi) is 10.8. The molecule has 232 valence electrons. The molecule has 0 bridgehead atoms. The molecule has 0 spiro atoms. The minimum Gasteiger partial charge on any atom is -0.497 e. The fourth-order valence-electron chi connectivity index (χ4n) is 4.82. The maximum absolute atomic E-state index is 13.9. The number of halogens is 1. The van der Waals surface area contributed by atoms with E-state index in [0.29, 0.717) is 37.6 Å². The molecule has 4 atom stereocenters. The number of ketones is 1. The van der Waals surface area contributed by atoms with E-state index < -0.39 is 41.4 Å². The molecule has 2 aliphatic rings.